The predicted molar refractivity (Wildman–Crippen MR) is 203 cm³/mol. The third kappa shape index (κ3) is 4.84. The molecule has 0 spiro atoms. The first-order valence-electron chi connectivity index (χ1n) is 17.9. The maximum Gasteiger partial charge on any atom is 0.193 e. The van der Waals surface area contributed by atoms with Crippen molar-refractivity contribution in [1.29, 1.82) is 0 Å². The zero-order chi connectivity index (χ0) is 34.2. The van der Waals surface area contributed by atoms with Crippen LogP contribution in [0.3, 0.4) is 0 Å². The minimum Gasteiger partial charge on any atom is -0.289 e. The molecule has 4 aliphatic carbocycles. The molecule has 0 N–H and O–H groups in total. The minimum absolute atomic E-state index is 0.0156. The maximum atomic E-state index is 14.5. The molecule has 7 rings (SSSR count). The van der Waals surface area contributed by atoms with Crippen LogP contribution in [0, 0.1) is 25.2 Å². The Bertz CT molecular complexity index is 2050. The van der Waals surface area contributed by atoms with Crippen molar-refractivity contribution in [2.45, 2.75) is 91.9 Å². The van der Waals surface area contributed by atoms with Gasteiger partial charge in [-0.2, -0.15) is 0 Å². The number of hydrogen-bond donors (Lipinski definition) is 0. The molecule has 3 aromatic carbocycles. The van der Waals surface area contributed by atoms with Crippen LogP contribution in [0.25, 0.3) is 11.1 Å². The van der Waals surface area contributed by atoms with Crippen LogP contribution in [0.5, 0.6) is 0 Å². The summed E-state index contributed by atoms with van der Waals surface area (Å²) in [5.41, 5.74) is 15.6. The van der Waals surface area contributed by atoms with Gasteiger partial charge in [0.15, 0.2) is 5.78 Å². The van der Waals surface area contributed by atoms with E-state index in [0.29, 0.717) is 11.8 Å². The fourth-order valence-corrected chi connectivity index (χ4v) is 9.24. The van der Waals surface area contributed by atoms with E-state index in [9.17, 15) is 4.79 Å². The molecule has 244 valence electrons. The van der Waals surface area contributed by atoms with Crippen LogP contribution in [-0.2, 0) is 10.8 Å². The second-order valence-corrected chi connectivity index (χ2v) is 15.9. The largest absolute Gasteiger partial charge is 0.289 e. The number of allylic oxidation sites excluding steroid dienone is 12. The van der Waals surface area contributed by atoms with E-state index in [1.165, 1.54) is 44.5 Å². The van der Waals surface area contributed by atoms with Gasteiger partial charge in [-0.25, -0.2) is 0 Å². The molecule has 0 saturated carbocycles. The lowest BCUT2D eigenvalue weighted by molar-refractivity contribution is 0.103. The van der Waals surface area contributed by atoms with Gasteiger partial charge in [-0.15, -0.1) is 0 Å². The molecule has 1 heteroatoms. The molecular weight excluding hydrogens is 581 g/mol. The third-order valence-corrected chi connectivity index (χ3v) is 12.3. The van der Waals surface area contributed by atoms with Crippen LogP contribution >= 0.6 is 0 Å². The molecule has 0 amide bonds. The molecule has 0 fully saturated rings. The highest BCUT2D eigenvalue weighted by molar-refractivity contribution is 6.11. The summed E-state index contributed by atoms with van der Waals surface area (Å²) in [4.78, 5) is 14.5. The second-order valence-electron chi connectivity index (χ2n) is 15.9. The van der Waals surface area contributed by atoms with Crippen molar-refractivity contribution in [2.24, 2.45) is 11.3 Å². The van der Waals surface area contributed by atoms with E-state index in [2.05, 4.69) is 166 Å². The number of fused-ring (bicyclic) bond motifs is 3. The summed E-state index contributed by atoms with van der Waals surface area (Å²) in [6, 6.07) is 19.9. The van der Waals surface area contributed by atoms with Crippen molar-refractivity contribution in [3.05, 3.63) is 164 Å². The average Bonchev–Trinajstić information content (AvgIpc) is 3.43. The van der Waals surface area contributed by atoms with Gasteiger partial charge in [0.1, 0.15) is 0 Å². The lowest BCUT2D eigenvalue weighted by Gasteiger charge is -2.36. The number of aryl methyl sites for hydroxylation is 2. The normalized spacial score (nSPS) is 24.8. The number of hydrogen-bond acceptors (Lipinski definition) is 1. The van der Waals surface area contributed by atoms with Crippen LogP contribution in [0.2, 0.25) is 0 Å². The van der Waals surface area contributed by atoms with Crippen molar-refractivity contribution in [1.82, 2.24) is 0 Å². The Morgan fingerprint density at radius 1 is 0.854 bits per heavy atom. The van der Waals surface area contributed by atoms with Crippen molar-refractivity contribution < 1.29 is 4.79 Å². The molecular formula is C47H50O. The summed E-state index contributed by atoms with van der Waals surface area (Å²) in [6.07, 6.45) is 20.3. The van der Waals surface area contributed by atoms with Gasteiger partial charge in [0, 0.05) is 27.9 Å². The first kappa shape index (κ1) is 32.3. The van der Waals surface area contributed by atoms with Gasteiger partial charge in [-0.05, 0) is 113 Å². The van der Waals surface area contributed by atoms with Crippen LogP contribution in [0.1, 0.15) is 111 Å². The number of rotatable bonds is 6. The number of ketones is 1. The predicted octanol–water partition coefficient (Wildman–Crippen LogP) is 12.2. The van der Waals surface area contributed by atoms with Gasteiger partial charge < -0.3 is 0 Å². The van der Waals surface area contributed by atoms with Crippen LogP contribution < -0.4 is 0 Å². The Hall–Kier alpha value is -4.23. The molecule has 0 bridgehead atoms. The number of carbonyl (C=O) groups excluding carboxylic acids is 1. The average molecular weight is 631 g/mol. The fraction of sp³-hybridized carbons (Fsp3) is 0.340. The Morgan fingerprint density at radius 2 is 1.52 bits per heavy atom. The molecule has 48 heavy (non-hydrogen) atoms. The molecule has 0 heterocycles. The highest BCUT2D eigenvalue weighted by Gasteiger charge is 2.45. The van der Waals surface area contributed by atoms with Gasteiger partial charge in [0.05, 0.1) is 0 Å². The molecule has 3 unspecified atom stereocenters. The van der Waals surface area contributed by atoms with Crippen LogP contribution in [0.4, 0.5) is 0 Å². The standard InChI is InChI=1S/C47H50O/c1-10-14-40-34(11-2)37-23-24-47(9,28-43(37)46(40,7)8)33-21-18-30(4)39(27-33)44(48)38-25-31(19-17-29(38)3)32-20-22-36-35-15-12-13-16-41(35)45(5,6)42(36)26-32/h10,12-27,35,41H,11,28H2,1-9H3/b14-10-. The Labute approximate surface area is 288 Å². The SMILES string of the molecule is C/C=C\C1=C(CC)C2=C(CC(C)(c3ccc(C)c(C(=O)c4cc(-c5ccc6c(c5)C(C)(C)C5C=CC=CC65)ccc4C)c3)C=C2)C1(C)C. The van der Waals surface area contributed by atoms with Gasteiger partial charge in [0.2, 0.25) is 0 Å². The van der Waals surface area contributed by atoms with E-state index in [0.717, 1.165) is 40.7 Å². The lowest BCUT2D eigenvalue weighted by atomic mass is 9.67. The maximum absolute atomic E-state index is 14.5. The summed E-state index contributed by atoms with van der Waals surface area (Å²) in [6.45, 7) is 20.4. The molecule has 0 aliphatic heterocycles. The molecule has 0 aromatic heterocycles. The Morgan fingerprint density at radius 3 is 2.25 bits per heavy atom. The quantitative estimate of drug-likeness (QED) is 0.248. The first-order valence-corrected chi connectivity index (χ1v) is 17.9. The molecule has 0 saturated heterocycles. The number of benzene rings is 3. The Kier molecular flexibility index (Phi) is 7.70. The molecule has 1 nitrogen and oxygen atoms in total. The van der Waals surface area contributed by atoms with E-state index >= 15 is 0 Å². The van der Waals surface area contributed by atoms with Gasteiger partial charge in [-0.3, -0.25) is 4.79 Å². The van der Waals surface area contributed by atoms with E-state index in [1.807, 2.05) is 0 Å². The zero-order valence-corrected chi connectivity index (χ0v) is 30.3. The molecule has 4 aliphatic rings. The minimum atomic E-state index is -0.196. The van der Waals surface area contributed by atoms with Gasteiger partial charge >= 0.3 is 0 Å². The summed E-state index contributed by atoms with van der Waals surface area (Å²) in [5.74, 6) is 1.01. The molecule has 3 aromatic rings. The second kappa shape index (κ2) is 11.4. The van der Waals surface area contributed by atoms with Crippen molar-refractivity contribution in [3.8, 4) is 11.1 Å². The highest BCUT2D eigenvalue weighted by Crippen LogP contribution is 2.56. The van der Waals surface area contributed by atoms with Gasteiger partial charge in [0.25, 0.3) is 0 Å². The van der Waals surface area contributed by atoms with E-state index in [1.54, 1.807) is 0 Å². The summed E-state index contributed by atoms with van der Waals surface area (Å²) >= 11 is 0. The monoisotopic (exact) mass is 630 g/mol. The smallest absolute Gasteiger partial charge is 0.193 e. The van der Waals surface area contributed by atoms with E-state index < -0.39 is 0 Å². The first-order chi connectivity index (χ1) is 22.8. The van der Waals surface area contributed by atoms with E-state index in [-0.39, 0.29) is 22.0 Å². The molecule has 0 radical (unpaired) electrons. The summed E-state index contributed by atoms with van der Waals surface area (Å²) in [5, 5.41) is 0. The van der Waals surface area contributed by atoms with Gasteiger partial charge in [-0.1, -0.05) is 138 Å². The zero-order valence-electron chi connectivity index (χ0n) is 30.3. The highest BCUT2D eigenvalue weighted by atomic mass is 16.1. The summed E-state index contributed by atoms with van der Waals surface area (Å²) < 4.78 is 0. The topological polar surface area (TPSA) is 17.1 Å². The summed E-state index contributed by atoms with van der Waals surface area (Å²) in [7, 11) is 0. The number of carbonyl (C=O) groups is 1. The molecule has 3 atom stereocenters. The third-order valence-electron chi connectivity index (χ3n) is 12.3. The Balaban J connectivity index is 1.22. The lowest BCUT2D eigenvalue weighted by Crippen LogP contribution is -2.27. The van der Waals surface area contributed by atoms with Crippen molar-refractivity contribution >= 4 is 5.78 Å². The van der Waals surface area contributed by atoms with Crippen molar-refractivity contribution in [2.75, 3.05) is 0 Å². The van der Waals surface area contributed by atoms with E-state index in [4.69, 9.17) is 0 Å². The van der Waals surface area contributed by atoms with Crippen molar-refractivity contribution in [3.63, 3.8) is 0 Å². The van der Waals surface area contributed by atoms with Crippen LogP contribution in [0.15, 0.2) is 125 Å². The van der Waals surface area contributed by atoms with Crippen LogP contribution in [-0.4, -0.2) is 5.78 Å². The fourth-order valence-electron chi connectivity index (χ4n) is 9.24.